The van der Waals surface area contributed by atoms with Crippen molar-refractivity contribution in [3.05, 3.63) is 66.2 Å². The topological polar surface area (TPSA) is 58.6 Å². The van der Waals surface area contributed by atoms with Crippen LogP contribution >= 0.6 is 11.8 Å². The molecule has 2 aromatic rings. The number of likely N-dealkylation sites (tertiary alicyclic amines) is 1. The predicted molar refractivity (Wildman–Crippen MR) is 117 cm³/mol. The molecule has 154 valence electrons. The highest BCUT2D eigenvalue weighted by Gasteiger charge is 2.35. The molecule has 29 heavy (non-hydrogen) atoms. The minimum Gasteiger partial charge on any atom is -0.494 e. The van der Waals surface area contributed by atoms with Gasteiger partial charge in [0.05, 0.1) is 12.0 Å². The molecule has 1 unspecified atom stereocenters. The molecule has 0 saturated carbocycles. The first kappa shape index (κ1) is 21.2. The van der Waals surface area contributed by atoms with Crippen LogP contribution in [0, 0.1) is 0 Å². The van der Waals surface area contributed by atoms with Crippen LogP contribution in [-0.2, 0) is 15.3 Å². The Hall–Kier alpha value is -2.47. The van der Waals surface area contributed by atoms with Gasteiger partial charge in [-0.1, -0.05) is 48.5 Å². The van der Waals surface area contributed by atoms with Crippen LogP contribution in [-0.4, -0.2) is 41.8 Å². The van der Waals surface area contributed by atoms with Crippen LogP contribution in [0.25, 0.3) is 0 Å². The summed E-state index contributed by atoms with van der Waals surface area (Å²) < 4.78 is 5.64. The zero-order valence-electron chi connectivity index (χ0n) is 16.6. The first-order valence-corrected chi connectivity index (χ1v) is 11.2. The summed E-state index contributed by atoms with van der Waals surface area (Å²) in [6.07, 6.45) is 3.64. The zero-order valence-corrected chi connectivity index (χ0v) is 17.4. The molecule has 1 fully saturated rings. The normalized spacial score (nSPS) is 15.4. The second-order valence-electron chi connectivity index (χ2n) is 7.02. The number of hydrogen-bond donors (Lipinski definition) is 1. The van der Waals surface area contributed by atoms with Crippen molar-refractivity contribution in [3.8, 4) is 5.75 Å². The van der Waals surface area contributed by atoms with E-state index in [1.807, 2.05) is 48.5 Å². The van der Waals surface area contributed by atoms with Gasteiger partial charge in [0.1, 0.15) is 5.75 Å². The van der Waals surface area contributed by atoms with E-state index in [1.54, 1.807) is 16.7 Å². The Bertz CT molecular complexity index is 770. The summed E-state index contributed by atoms with van der Waals surface area (Å²) in [7, 11) is 0. The van der Waals surface area contributed by atoms with Crippen LogP contribution in [0.2, 0.25) is 0 Å². The van der Waals surface area contributed by atoms with Gasteiger partial charge < -0.3 is 15.0 Å². The van der Waals surface area contributed by atoms with Crippen molar-refractivity contribution in [3.63, 3.8) is 0 Å². The summed E-state index contributed by atoms with van der Waals surface area (Å²) in [5.74, 6) is 0.826. The van der Waals surface area contributed by atoms with Gasteiger partial charge in [0, 0.05) is 18.8 Å². The van der Waals surface area contributed by atoms with Crippen LogP contribution in [0.3, 0.4) is 0 Å². The van der Waals surface area contributed by atoms with Crippen LogP contribution < -0.4 is 10.1 Å². The maximum atomic E-state index is 12.4. The lowest BCUT2D eigenvalue weighted by Crippen LogP contribution is -2.54. The molecular weight excluding hydrogens is 384 g/mol. The van der Waals surface area contributed by atoms with Crippen molar-refractivity contribution >= 4 is 23.6 Å². The van der Waals surface area contributed by atoms with E-state index in [-0.39, 0.29) is 5.37 Å². The fourth-order valence-corrected chi connectivity index (χ4v) is 4.28. The minimum atomic E-state index is -0.490. The lowest BCUT2D eigenvalue weighted by Gasteiger charge is -2.39. The summed E-state index contributed by atoms with van der Waals surface area (Å²) in [6.45, 7) is 1.84. The Morgan fingerprint density at radius 1 is 1.00 bits per heavy atom. The Morgan fingerprint density at radius 2 is 1.72 bits per heavy atom. The standard InChI is InChI=1S/C23H28N2O3S/c26-22(24-15-8-3-9-17-28-20-12-6-2-7-13-20)23(27)25-16-14-21(25)29-18-19-10-4-1-5-11-19/h1-2,4-7,10-13,21H,3,8-9,14-18H2,(H,24,26). The molecule has 3 rings (SSSR count). The van der Waals surface area contributed by atoms with Gasteiger partial charge in [-0.05, 0) is 43.4 Å². The van der Waals surface area contributed by atoms with Crippen molar-refractivity contribution in [2.75, 3.05) is 19.7 Å². The fourth-order valence-electron chi connectivity index (χ4n) is 3.05. The van der Waals surface area contributed by atoms with E-state index in [0.717, 1.165) is 37.2 Å². The number of hydrogen-bond acceptors (Lipinski definition) is 4. The number of amides is 2. The molecule has 1 aliphatic heterocycles. The maximum Gasteiger partial charge on any atom is 0.312 e. The molecule has 1 atom stereocenters. The Kier molecular flexibility index (Phi) is 8.43. The van der Waals surface area contributed by atoms with Crippen molar-refractivity contribution in [1.29, 1.82) is 0 Å². The van der Waals surface area contributed by atoms with Crippen molar-refractivity contribution in [2.24, 2.45) is 0 Å². The smallest absolute Gasteiger partial charge is 0.312 e. The molecule has 6 heteroatoms. The lowest BCUT2D eigenvalue weighted by molar-refractivity contribution is -0.148. The molecule has 1 N–H and O–H groups in total. The third kappa shape index (κ3) is 6.82. The van der Waals surface area contributed by atoms with Gasteiger partial charge in [-0.3, -0.25) is 9.59 Å². The average Bonchev–Trinajstić information content (AvgIpc) is 2.73. The maximum absolute atomic E-state index is 12.4. The number of unbranched alkanes of at least 4 members (excludes halogenated alkanes) is 2. The predicted octanol–water partition coefficient (Wildman–Crippen LogP) is 3.84. The second kappa shape index (κ2) is 11.5. The van der Waals surface area contributed by atoms with Crippen molar-refractivity contribution < 1.29 is 14.3 Å². The van der Waals surface area contributed by atoms with Gasteiger partial charge in [-0.25, -0.2) is 0 Å². The molecule has 2 amide bonds. The molecule has 0 aromatic heterocycles. The lowest BCUT2D eigenvalue weighted by atomic mass is 10.2. The first-order valence-electron chi connectivity index (χ1n) is 10.2. The van der Waals surface area contributed by atoms with Crippen LogP contribution in [0.15, 0.2) is 60.7 Å². The van der Waals surface area contributed by atoms with Gasteiger partial charge in [0.15, 0.2) is 0 Å². The van der Waals surface area contributed by atoms with Gasteiger partial charge in [0.25, 0.3) is 0 Å². The molecule has 1 saturated heterocycles. The van der Waals surface area contributed by atoms with E-state index < -0.39 is 11.8 Å². The number of para-hydroxylation sites is 1. The number of nitrogens with one attached hydrogen (secondary N) is 1. The Morgan fingerprint density at radius 3 is 2.41 bits per heavy atom. The van der Waals surface area contributed by atoms with E-state index in [0.29, 0.717) is 19.7 Å². The number of ether oxygens (including phenoxy) is 1. The first-order chi connectivity index (χ1) is 14.2. The number of carbonyl (C=O) groups is 2. The SMILES string of the molecule is O=C(NCCCCCOc1ccccc1)C(=O)N1CCC1SCc1ccccc1. The van der Waals surface area contributed by atoms with Crippen molar-refractivity contribution in [2.45, 2.75) is 36.8 Å². The van der Waals surface area contributed by atoms with Crippen LogP contribution in [0.5, 0.6) is 5.75 Å². The van der Waals surface area contributed by atoms with Gasteiger partial charge in [-0.2, -0.15) is 0 Å². The summed E-state index contributed by atoms with van der Waals surface area (Å²) in [5, 5.41) is 2.85. The molecule has 1 heterocycles. The third-order valence-corrected chi connectivity index (χ3v) is 6.20. The second-order valence-corrected chi connectivity index (χ2v) is 8.18. The minimum absolute atomic E-state index is 0.101. The summed E-state index contributed by atoms with van der Waals surface area (Å²) >= 11 is 1.72. The average molecular weight is 413 g/mol. The molecule has 0 aliphatic carbocycles. The van der Waals surface area contributed by atoms with Crippen LogP contribution in [0.4, 0.5) is 0 Å². The molecule has 0 spiro atoms. The molecule has 0 bridgehead atoms. The van der Waals surface area contributed by atoms with E-state index in [1.165, 1.54) is 5.56 Å². The quantitative estimate of drug-likeness (QED) is 0.476. The Labute approximate surface area is 176 Å². The summed E-state index contributed by atoms with van der Waals surface area (Å²) in [6, 6.07) is 19.9. The highest BCUT2D eigenvalue weighted by atomic mass is 32.2. The third-order valence-electron chi connectivity index (χ3n) is 4.82. The van der Waals surface area contributed by atoms with E-state index in [4.69, 9.17) is 4.74 Å². The van der Waals surface area contributed by atoms with Gasteiger partial charge >= 0.3 is 11.8 Å². The van der Waals surface area contributed by atoms with Gasteiger partial charge in [-0.15, -0.1) is 11.8 Å². The molecule has 1 aliphatic rings. The molecular formula is C23H28N2O3S. The summed E-state index contributed by atoms with van der Waals surface area (Å²) in [4.78, 5) is 26.2. The highest BCUT2D eigenvalue weighted by molar-refractivity contribution is 7.99. The number of rotatable bonds is 10. The number of thioether (sulfide) groups is 1. The number of carbonyl (C=O) groups excluding carboxylic acids is 2. The van der Waals surface area contributed by atoms with Crippen molar-refractivity contribution in [1.82, 2.24) is 10.2 Å². The fraction of sp³-hybridized carbons (Fsp3) is 0.391. The molecule has 5 nitrogen and oxygen atoms in total. The molecule has 2 aromatic carbocycles. The summed E-state index contributed by atoms with van der Waals surface area (Å²) in [5.41, 5.74) is 1.23. The Balaban J connectivity index is 1.26. The van der Waals surface area contributed by atoms with Crippen LogP contribution in [0.1, 0.15) is 31.2 Å². The number of nitrogens with zero attached hydrogens (tertiary/aromatic N) is 1. The molecule has 0 radical (unpaired) electrons. The highest BCUT2D eigenvalue weighted by Crippen LogP contribution is 2.30. The number of benzene rings is 2. The monoisotopic (exact) mass is 412 g/mol. The zero-order chi connectivity index (χ0) is 20.3. The van der Waals surface area contributed by atoms with Gasteiger partial charge in [0.2, 0.25) is 0 Å². The largest absolute Gasteiger partial charge is 0.494 e. The van der Waals surface area contributed by atoms with E-state index in [9.17, 15) is 9.59 Å². The van der Waals surface area contributed by atoms with E-state index in [2.05, 4.69) is 17.4 Å². The van der Waals surface area contributed by atoms with E-state index >= 15 is 0 Å².